The molecule has 0 saturated carbocycles. The van der Waals surface area contributed by atoms with Crippen molar-refractivity contribution in [2.75, 3.05) is 5.73 Å². The normalized spacial score (nSPS) is 10.4. The lowest BCUT2D eigenvalue weighted by Crippen LogP contribution is -1.99. The maximum Gasteiger partial charge on any atom is 0.292 e. The van der Waals surface area contributed by atoms with Crippen molar-refractivity contribution < 1.29 is 9.21 Å². The highest BCUT2D eigenvalue weighted by atomic mass is 35.5. The predicted molar refractivity (Wildman–Crippen MR) is 60.8 cm³/mol. The summed E-state index contributed by atoms with van der Waals surface area (Å²) >= 11 is 11.5. The molecule has 0 atom stereocenters. The largest absolute Gasteiger partial charge is 0.420 e. The smallest absolute Gasteiger partial charge is 0.292 e. The van der Waals surface area contributed by atoms with Gasteiger partial charge in [-0.3, -0.25) is 4.79 Å². The van der Waals surface area contributed by atoms with Crippen molar-refractivity contribution in [2.45, 2.75) is 0 Å². The average molecular weight is 257 g/mol. The summed E-state index contributed by atoms with van der Waals surface area (Å²) in [7, 11) is 0. The van der Waals surface area contributed by atoms with Gasteiger partial charge in [0.2, 0.25) is 5.78 Å². The van der Waals surface area contributed by atoms with Gasteiger partial charge in [-0.2, -0.15) is 0 Å². The molecule has 1 aromatic heterocycles. The van der Waals surface area contributed by atoms with Crippen LogP contribution in [0.1, 0.15) is 16.1 Å². The third-order valence-electron chi connectivity index (χ3n) is 1.93. The van der Waals surface area contributed by atoms with E-state index in [-0.39, 0.29) is 17.6 Å². The Labute approximate surface area is 101 Å². The van der Waals surface area contributed by atoms with E-state index in [4.69, 9.17) is 33.4 Å². The van der Waals surface area contributed by atoms with E-state index in [9.17, 15) is 4.79 Å². The van der Waals surface area contributed by atoms with Gasteiger partial charge in [0.15, 0.2) is 5.76 Å². The standard InChI is InChI=1S/C10H6Cl2N2O2/c11-6-2-1-5(3-7(6)12)9(15)8-4-14-10(13)16-8/h1-4H,(H2,13,14). The minimum absolute atomic E-state index is 0.0524. The van der Waals surface area contributed by atoms with Crippen LogP contribution in [-0.4, -0.2) is 10.8 Å². The van der Waals surface area contributed by atoms with Gasteiger partial charge in [0.25, 0.3) is 6.01 Å². The predicted octanol–water partition coefficient (Wildman–Crippen LogP) is 2.79. The second-order valence-corrected chi connectivity index (χ2v) is 3.84. The minimum Gasteiger partial charge on any atom is -0.420 e. The summed E-state index contributed by atoms with van der Waals surface area (Å²) in [4.78, 5) is 15.5. The monoisotopic (exact) mass is 256 g/mol. The summed E-state index contributed by atoms with van der Waals surface area (Å²) in [6.45, 7) is 0. The first-order valence-electron chi connectivity index (χ1n) is 4.29. The molecule has 0 unspecified atom stereocenters. The number of carbonyl (C=O) groups is 1. The number of nitrogen functional groups attached to an aromatic ring is 1. The zero-order chi connectivity index (χ0) is 11.7. The van der Waals surface area contributed by atoms with Crippen LogP contribution in [0.5, 0.6) is 0 Å². The molecular weight excluding hydrogens is 251 g/mol. The highest BCUT2D eigenvalue weighted by Crippen LogP contribution is 2.24. The highest BCUT2D eigenvalue weighted by molar-refractivity contribution is 6.42. The van der Waals surface area contributed by atoms with Gasteiger partial charge in [-0.05, 0) is 18.2 Å². The lowest BCUT2D eigenvalue weighted by molar-refractivity contribution is 0.101. The molecule has 0 aliphatic heterocycles. The number of carbonyl (C=O) groups excluding carboxylic acids is 1. The van der Waals surface area contributed by atoms with Gasteiger partial charge in [0.05, 0.1) is 16.2 Å². The number of aromatic nitrogens is 1. The molecule has 0 radical (unpaired) electrons. The molecular formula is C10H6Cl2N2O2. The van der Waals surface area contributed by atoms with Gasteiger partial charge in [0, 0.05) is 5.56 Å². The molecule has 16 heavy (non-hydrogen) atoms. The first-order chi connectivity index (χ1) is 7.58. The number of nitrogens with zero attached hydrogens (tertiary/aromatic N) is 1. The van der Waals surface area contributed by atoms with Gasteiger partial charge >= 0.3 is 0 Å². The molecule has 0 amide bonds. The Kier molecular flexibility index (Phi) is 2.85. The maximum absolute atomic E-state index is 11.8. The van der Waals surface area contributed by atoms with Crippen molar-refractivity contribution in [1.82, 2.24) is 4.98 Å². The van der Waals surface area contributed by atoms with Crippen molar-refractivity contribution >= 4 is 35.0 Å². The number of hydrogen-bond donors (Lipinski definition) is 1. The van der Waals surface area contributed by atoms with Gasteiger partial charge in [-0.1, -0.05) is 23.2 Å². The van der Waals surface area contributed by atoms with E-state index in [0.717, 1.165) is 0 Å². The zero-order valence-corrected chi connectivity index (χ0v) is 9.42. The van der Waals surface area contributed by atoms with E-state index in [1.54, 1.807) is 6.07 Å². The summed E-state index contributed by atoms with van der Waals surface area (Å²) in [6, 6.07) is 4.50. The summed E-state index contributed by atoms with van der Waals surface area (Å²) in [5.74, 6) is -0.279. The lowest BCUT2D eigenvalue weighted by Gasteiger charge is -1.99. The summed E-state index contributed by atoms with van der Waals surface area (Å²) in [5, 5.41) is 0.690. The Morgan fingerprint density at radius 1 is 1.31 bits per heavy atom. The molecule has 2 aromatic rings. The van der Waals surface area contributed by atoms with Crippen LogP contribution >= 0.6 is 23.2 Å². The quantitative estimate of drug-likeness (QED) is 0.840. The molecule has 0 spiro atoms. The minimum atomic E-state index is -0.345. The highest BCUT2D eigenvalue weighted by Gasteiger charge is 2.15. The number of halogens is 2. The number of ketones is 1. The lowest BCUT2D eigenvalue weighted by atomic mass is 10.1. The van der Waals surface area contributed by atoms with Gasteiger partial charge in [0.1, 0.15) is 0 Å². The molecule has 0 saturated heterocycles. The topological polar surface area (TPSA) is 69.1 Å². The maximum atomic E-state index is 11.8. The van der Waals surface area contributed by atoms with Crippen LogP contribution in [0.25, 0.3) is 0 Å². The number of rotatable bonds is 2. The third kappa shape index (κ3) is 2.03. The Morgan fingerprint density at radius 2 is 2.06 bits per heavy atom. The van der Waals surface area contributed by atoms with Gasteiger partial charge < -0.3 is 10.2 Å². The number of anilines is 1. The molecule has 1 heterocycles. The molecule has 4 nitrogen and oxygen atoms in total. The molecule has 2 rings (SSSR count). The van der Waals surface area contributed by atoms with Crippen LogP contribution in [0.15, 0.2) is 28.8 Å². The fourth-order valence-electron chi connectivity index (χ4n) is 1.17. The van der Waals surface area contributed by atoms with Crippen molar-refractivity contribution in [3.63, 3.8) is 0 Å². The van der Waals surface area contributed by atoms with E-state index in [0.29, 0.717) is 15.6 Å². The average Bonchev–Trinajstić information content (AvgIpc) is 2.68. The summed E-state index contributed by atoms with van der Waals surface area (Å²) in [5.41, 5.74) is 5.64. The van der Waals surface area contributed by atoms with Gasteiger partial charge in [-0.25, -0.2) is 4.98 Å². The second kappa shape index (κ2) is 4.15. The zero-order valence-electron chi connectivity index (χ0n) is 7.91. The van der Waals surface area contributed by atoms with Crippen LogP contribution in [0.4, 0.5) is 6.01 Å². The summed E-state index contributed by atoms with van der Waals surface area (Å²) < 4.78 is 4.91. The van der Waals surface area contributed by atoms with Crippen molar-refractivity contribution in [3.8, 4) is 0 Å². The van der Waals surface area contributed by atoms with Crippen molar-refractivity contribution in [2.24, 2.45) is 0 Å². The molecule has 0 bridgehead atoms. The Hall–Kier alpha value is -1.52. The van der Waals surface area contributed by atoms with Crippen LogP contribution in [0.3, 0.4) is 0 Å². The Morgan fingerprint density at radius 3 is 2.62 bits per heavy atom. The Bertz CT molecular complexity index is 552. The van der Waals surface area contributed by atoms with Crippen LogP contribution < -0.4 is 5.73 Å². The molecule has 0 aliphatic rings. The van der Waals surface area contributed by atoms with E-state index < -0.39 is 0 Å². The number of oxazole rings is 1. The van der Waals surface area contributed by atoms with E-state index in [1.165, 1.54) is 18.3 Å². The van der Waals surface area contributed by atoms with Gasteiger partial charge in [-0.15, -0.1) is 0 Å². The molecule has 0 aliphatic carbocycles. The summed E-state index contributed by atoms with van der Waals surface area (Å²) in [6.07, 6.45) is 1.26. The van der Waals surface area contributed by atoms with Crippen LogP contribution in [-0.2, 0) is 0 Å². The van der Waals surface area contributed by atoms with Crippen molar-refractivity contribution in [3.05, 3.63) is 45.8 Å². The van der Waals surface area contributed by atoms with Crippen molar-refractivity contribution in [1.29, 1.82) is 0 Å². The SMILES string of the molecule is Nc1ncc(C(=O)c2ccc(Cl)c(Cl)c2)o1. The number of nitrogens with two attached hydrogens (primary N) is 1. The molecule has 2 N–H and O–H groups in total. The number of hydrogen-bond acceptors (Lipinski definition) is 4. The first kappa shape index (κ1) is 11.0. The molecule has 6 heteroatoms. The molecule has 0 fully saturated rings. The van der Waals surface area contributed by atoms with Crippen LogP contribution in [0.2, 0.25) is 10.0 Å². The number of benzene rings is 1. The van der Waals surface area contributed by atoms with E-state index in [2.05, 4.69) is 4.98 Å². The first-order valence-corrected chi connectivity index (χ1v) is 5.04. The fourth-order valence-corrected chi connectivity index (χ4v) is 1.47. The molecule has 1 aromatic carbocycles. The van der Waals surface area contributed by atoms with E-state index >= 15 is 0 Å². The fraction of sp³-hybridized carbons (Fsp3) is 0. The molecule has 82 valence electrons. The Balaban J connectivity index is 2.38. The second-order valence-electron chi connectivity index (χ2n) is 3.02. The van der Waals surface area contributed by atoms with Crippen LogP contribution in [0, 0.1) is 0 Å². The third-order valence-corrected chi connectivity index (χ3v) is 2.67. The van der Waals surface area contributed by atoms with E-state index in [1.807, 2.05) is 0 Å².